The summed E-state index contributed by atoms with van der Waals surface area (Å²) in [4.78, 5) is 9.41. The summed E-state index contributed by atoms with van der Waals surface area (Å²) in [7, 11) is 1.93. The van der Waals surface area contributed by atoms with E-state index in [0.717, 1.165) is 56.5 Å². The number of aliphatic imine (C=N–C) groups is 1. The molecule has 28 heavy (non-hydrogen) atoms. The van der Waals surface area contributed by atoms with Gasteiger partial charge in [-0.3, -0.25) is 9.58 Å². The largest absolute Gasteiger partial charge is 0.357 e. The van der Waals surface area contributed by atoms with E-state index in [4.69, 9.17) is 4.99 Å². The van der Waals surface area contributed by atoms with E-state index in [1.807, 2.05) is 23.9 Å². The molecule has 6 nitrogen and oxygen atoms in total. The van der Waals surface area contributed by atoms with Gasteiger partial charge in [-0.15, -0.1) is 24.0 Å². The lowest BCUT2D eigenvalue weighted by atomic mass is 10.2. The number of hydrogen-bond acceptors (Lipinski definition) is 3. The van der Waals surface area contributed by atoms with E-state index in [9.17, 15) is 4.39 Å². The molecule has 0 atom stereocenters. The molecule has 1 fully saturated rings. The molecule has 2 aromatic rings. The number of guanidine groups is 1. The number of nitrogens with zero attached hydrogens (tertiary/aromatic N) is 5. The summed E-state index contributed by atoms with van der Waals surface area (Å²) in [6, 6.07) is 7.34. The number of benzene rings is 1. The Balaban J connectivity index is 0.00000280. The Kier molecular flexibility index (Phi) is 9.16. The first-order valence-electron chi connectivity index (χ1n) is 9.23. The Labute approximate surface area is 191 Å². The molecule has 0 bridgehead atoms. The lowest BCUT2D eigenvalue weighted by Crippen LogP contribution is -2.52. The van der Waals surface area contributed by atoms with Crippen molar-refractivity contribution in [2.24, 2.45) is 12.0 Å². The van der Waals surface area contributed by atoms with Crippen LogP contribution in [0.3, 0.4) is 0 Å². The van der Waals surface area contributed by atoms with Crippen LogP contribution >= 0.6 is 39.9 Å². The van der Waals surface area contributed by atoms with E-state index >= 15 is 0 Å². The van der Waals surface area contributed by atoms with Crippen LogP contribution in [-0.4, -0.2) is 58.3 Å². The SMILES string of the molecule is CCNC(=NCc1ccnn1C)N1CCN(Cc2ccc(Br)c(F)c2)CC1.I. The Hall–Kier alpha value is -1.20. The monoisotopic (exact) mass is 564 g/mol. The molecular weight excluding hydrogens is 538 g/mol. The summed E-state index contributed by atoms with van der Waals surface area (Å²) in [6.07, 6.45) is 1.79. The van der Waals surface area contributed by atoms with Gasteiger partial charge in [-0.25, -0.2) is 9.38 Å². The van der Waals surface area contributed by atoms with Gasteiger partial charge < -0.3 is 10.2 Å². The standard InChI is InChI=1S/C19H26BrFN6.HI/c1-3-22-19(23-13-16-6-7-24-25(16)2)27-10-8-26(9-11-27)14-15-4-5-17(20)18(21)12-15;/h4-7,12H,3,8-11,13-14H2,1-2H3,(H,22,23);1H. The summed E-state index contributed by atoms with van der Waals surface area (Å²) in [5, 5.41) is 7.58. The lowest BCUT2D eigenvalue weighted by molar-refractivity contribution is 0.172. The van der Waals surface area contributed by atoms with Gasteiger partial charge in [0.05, 0.1) is 16.7 Å². The van der Waals surface area contributed by atoms with Crippen LogP contribution in [0, 0.1) is 5.82 Å². The number of rotatable bonds is 5. The molecule has 0 amide bonds. The minimum Gasteiger partial charge on any atom is -0.357 e. The van der Waals surface area contributed by atoms with Gasteiger partial charge in [-0.05, 0) is 46.6 Å². The Bertz CT molecular complexity index is 788. The smallest absolute Gasteiger partial charge is 0.194 e. The minimum atomic E-state index is -0.206. The average molecular weight is 565 g/mol. The molecule has 0 saturated carbocycles. The number of aromatic nitrogens is 2. The first-order chi connectivity index (χ1) is 13.1. The quantitative estimate of drug-likeness (QED) is 0.344. The van der Waals surface area contributed by atoms with E-state index in [-0.39, 0.29) is 29.8 Å². The maximum absolute atomic E-state index is 13.7. The normalized spacial score (nSPS) is 15.4. The van der Waals surface area contributed by atoms with Crippen molar-refractivity contribution in [2.45, 2.75) is 20.0 Å². The molecule has 0 aliphatic carbocycles. The molecule has 9 heteroatoms. The molecule has 1 aromatic carbocycles. The van der Waals surface area contributed by atoms with Crippen LogP contribution < -0.4 is 5.32 Å². The summed E-state index contributed by atoms with van der Waals surface area (Å²) < 4.78 is 16.1. The number of nitrogens with one attached hydrogen (secondary N) is 1. The second kappa shape index (κ2) is 11.1. The van der Waals surface area contributed by atoms with E-state index in [1.165, 1.54) is 0 Å². The minimum absolute atomic E-state index is 0. The third-order valence-corrected chi connectivity index (χ3v) is 5.35. The van der Waals surface area contributed by atoms with Crippen molar-refractivity contribution in [3.8, 4) is 0 Å². The topological polar surface area (TPSA) is 48.7 Å². The zero-order chi connectivity index (χ0) is 19.2. The van der Waals surface area contributed by atoms with Crippen molar-refractivity contribution >= 4 is 45.9 Å². The number of piperazine rings is 1. The number of hydrogen-bond donors (Lipinski definition) is 1. The maximum atomic E-state index is 13.7. The predicted octanol–water partition coefficient (Wildman–Crippen LogP) is 3.22. The van der Waals surface area contributed by atoms with Crippen molar-refractivity contribution in [1.29, 1.82) is 0 Å². The van der Waals surface area contributed by atoms with Crippen LogP contribution in [0.1, 0.15) is 18.2 Å². The highest BCUT2D eigenvalue weighted by Gasteiger charge is 2.20. The zero-order valence-corrected chi connectivity index (χ0v) is 20.2. The van der Waals surface area contributed by atoms with Crippen molar-refractivity contribution in [2.75, 3.05) is 32.7 Å². The van der Waals surface area contributed by atoms with Crippen LogP contribution in [-0.2, 0) is 20.1 Å². The highest BCUT2D eigenvalue weighted by molar-refractivity contribution is 14.0. The summed E-state index contributed by atoms with van der Waals surface area (Å²) in [5.74, 6) is 0.732. The first kappa shape index (κ1) is 23.1. The van der Waals surface area contributed by atoms with Crippen LogP contribution in [0.2, 0.25) is 0 Å². The van der Waals surface area contributed by atoms with Gasteiger partial charge in [0.15, 0.2) is 5.96 Å². The molecule has 0 spiro atoms. The molecule has 2 heterocycles. The average Bonchev–Trinajstić information content (AvgIpc) is 3.07. The highest BCUT2D eigenvalue weighted by Crippen LogP contribution is 2.18. The van der Waals surface area contributed by atoms with E-state index in [1.54, 1.807) is 18.3 Å². The van der Waals surface area contributed by atoms with Crippen LogP contribution in [0.4, 0.5) is 4.39 Å². The molecular formula is C19H27BrFIN6. The molecule has 1 aliphatic rings. The van der Waals surface area contributed by atoms with Crippen molar-refractivity contribution in [3.63, 3.8) is 0 Å². The second-order valence-electron chi connectivity index (χ2n) is 6.63. The Morgan fingerprint density at radius 2 is 2.00 bits per heavy atom. The van der Waals surface area contributed by atoms with Gasteiger partial charge in [0.2, 0.25) is 0 Å². The second-order valence-corrected chi connectivity index (χ2v) is 7.48. The molecule has 1 aromatic heterocycles. The predicted molar refractivity (Wildman–Crippen MR) is 124 cm³/mol. The fourth-order valence-corrected chi connectivity index (χ4v) is 3.40. The van der Waals surface area contributed by atoms with Gasteiger partial charge in [-0.1, -0.05) is 6.07 Å². The first-order valence-corrected chi connectivity index (χ1v) is 10.0. The molecule has 0 unspecified atom stereocenters. The van der Waals surface area contributed by atoms with E-state index in [2.05, 4.69) is 43.1 Å². The van der Waals surface area contributed by atoms with E-state index < -0.39 is 0 Å². The Morgan fingerprint density at radius 3 is 2.61 bits per heavy atom. The fraction of sp³-hybridized carbons (Fsp3) is 0.474. The van der Waals surface area contributed by atoms with E-state index in [0.29, 0.717) is 11.0 Å². The highest BCUT2D eigenvalue weighted by atomic mass is 127. The van der Waals surface area contributed by atoms with Crippen LogP contribution in [0.5, 0.6) is 0 Å². The van der Waals surface area contributed by atoms with Crippen molar-refractivity contribution < 1.29 is 4.39 Å². The molecule has 3 rings (SSSR count). The van der Waals surface area contributed by atoms with Crippen LogP contribution in [0.25, 0.3) is 0 Å². The lowest BCUT2D eigenvalue weighted by Gasteiger charge is -2.36. The van der Waals surface area contributed by atoms with Gasteiger partial charge in [-0.2, -0.15) is 5.10 Å². The third-order valence-electron chi connectivity index (χ3n) is 4.71. The fourth-order valence-electron chi connectivity index (χ4n) is 3.15. The third kappa shape index (κ3) is 6.15. The van der Waals surface area contributed by atoms with Gasteiger partial charge in [0.25, 0.3) is 0 Å². The number of halogens is 3. The molecule has 0 radical (unpaired) electrons. The Morgan fingerprint density at radius 1 is 1.25 bits per heavy atom. The maximum Gasteiger partial charge on any atom is 0.194 e. The van der Waals surface area contributed by atoms with Crippen LogP contribution in [0.15, 0.2) is 39.9 Å². The van der Waals surface area contributed by atoms with Gasteiger partial charge in [0, 0.05) is 52.5 Å². The van der Waals surface area contributed by atoms with Gasteiger partial charge >= 0.3 is 0 Å². The molecule has 1 aliphatic heterocycles. The van der Waals surface area contributed by atoms with Gasteiger partial charge in [0.1, 0.15) is 5.82 Å². The van der Waals surface area contributed by atoms with Crippen molar-refractivity contribution in [1.82, 2.24) is 24.9 Å². The van der Waals surface area contributed by atoms with Crippen molar-refractivity contribution in [3.05, 3.63) is 52.0 Å². The zero-order valence-electron chi connectivity index (χ0n) is 16.2. The summed E-state index contributed by atoms with van der Waals surface area (Å²) in [5.41, 5.74) is 2.09. The number of aryl methyl sites for hydroxylation is 1. The summed E-state index contributed by atoms with van der Waals surface area (Å²) >= 11 is 3.21. The molecule has 1 saturated heterocycles. The molecule has 154 valence electrons. The molecule has 1 N–H and O–H groups in total. The summed E-state index contributed by atoms with van der Waals surface area (Å²) in [6.45, 7) is 7.94.